The molecule has 2 unspecified atom stereocenters. The second-order valence-corrected chi connectivity index (χ2v) is 4.55. The molecule has 1 aromatic carbocycles. The fourth-order valence-corrected chi connectivity index (χ4v) is 3.17. The molecule has 0 saturated carbocycles. The standard InChI is InChI=1S/C13H17N/c1-2-5-11(6-3-1)12-8-10-14-9-4-7-13(12)14/h1-3,5-6,12-13H,4,7-10H2. The smallest absolute Gasteiger partial charge is 0.0165 e. The van der Waals surface area contributed by atoms with Gasteiger partial charge in [0.25, 0.3) is 0 Å². The summed E-state index contributed by atoms with van der Waals surface area (Å²) >= 11 is 0. The summed E-state index contributed by atoms with van der Waals surface area (Å²) in [5, 5.41) is 0. The number of rotatable bonds is 1. The molecule has 2 atom stereocenters. The second kappa shape index (κ2) is 3.39. The zero-order valence-electron chi connectivity index (χ0n) is 8.52. The maximum absolute atomic E-state index is 2.68. The van der Waals surface area contributed by atoms with Crippen LogP contribution in [0.2, 0.25) is 0 Å². The Balaban J connectivity index is 1.86. The summed E-state index contributed by atoms with van der Waals surface area (Å²) in [6.07, 6.45) is 4.20. The monoisotopic (exact) mass is 187 g/mol. The minimum Gasteiger partial charge on any atom is -0.300 e. The number of fused-ring (bicyclic) bond motifs is 1. The highest BCUT2D eigenvalue weighted by Gasteiger charge is 2.37. The van der Waals surface area contributed by atoms with Crippen molar-refractivity contribution in [2.75, 3.05) is 13.1 Å². The van der Waals surface area contributed by atoms with Crippen LogP contribution < -0.4 is 0 Å². The summed E-state index contributed by atoms with van der Waals surface area (Å²) in [6, 6.07) is 11.9. The quantitative estimate of drug-likeness (QED) is 0.653. The SMILES string of the molecule is c1ccc(C2CCN3CCCC23)cc1. The topological polar surface area (TPSA) is 3.24 Å². The van der Waals surface area contributed by atoms with E-state index in [9.17, 15) is 0 Å². The van der Waals surface area contributed by atoms with Gasteiger partial charge in [-0.25, -0.2) is 0 Å². The first kappa shape index (κ1) is 8.49. The highest BCUT2D eigenvalue weighted by Crippen LogP contribution is 2.38. The Morgan fingerprint density at radius 3 is 2.71 bits per heavy atom. The zero-order valence-corrected chi connectivity index (χ0v) is 8.52. The Kier molecular flexibility index (Phi) is 2.06. The molecule has 0 aromatic heterocycles. The van der Waals surface area contributed by atoms with E-state index in [2.05, 4.69) is 35.2 Å². The summed E-state index contributed by atoms with van der Waals surface area (Å²) in [5.74, 6) is 0.818. The lowest BCUT2D eigenvalue weighted by atomic mass is 9.91. The van der Waals surface area contributed by atoms with Crippen LogP contribution in [0.1, 0.15) is 30.7 Å². The van der Waals surface area contributed by atoms with Gasteiger partial charge in [-0.1, -0.05) is 30.3 Å². The van der Waals surface area contributed by atoms with E-state index in [1.807, 2.05) is 0 Å². The Bertz CT molecular complexity index is 306. The molecule has 1 nitrogen and oxygen atoms in total. The largest absolute Gasteiger partial charge is 0.300 e. The van der Waals surface area contributed by atoms with Gasteiger partial charge >= 0.3 is 0 Å². The molecule has 2 aliphatic heterocycles. The molecule has 0 aliphatic carbocycles. The maximum atomic E-state index is 2.68. The van der Waals surface area contributed by atoms with Gasteiger partial charge < -0.3 is 0 Å². The van der Waals surface area contributed by atoms with Gasteiger partial charge in [0.2, 0.25) is 0 Å². The molecule has 0 radical (unpaired) electrons. The number of hydrogen-bond acceptors (Lipinski definition) is 1. The van der Waals surface area contributed by atoms with Crippen LogP contribution >= 0.6 is 0 Å². The first-order chi connectivity index (χ1) is 6.95. The van der Waals surface area contributed by atoms with Gasteiger partial charge in [0, 0.05) is 12.0 Å². The molecule has 0 spiro atoms. The summed E-state index contributed by atoms with van der Waals surface area (Å²) in [6.45, 7) is 2.66. The van der Waals surface area contributed by atoms with Crippen LogP contribution in [-0.2, 0) is 0 Å². The van der Waals surface area contributed by atoms with Crippen LogP contribution in [0.4, 0.5) is 0 Å². The number of hydrogen-bond donors (Lipinski definition) is 0. The normalized spacial score (nSPS) is 32.0. The van der Waals surface area contributed by atoms with Gasteiger partial charge in [-0.15, -0.1) is 0 Å². The van der Waals surface area contributed by atoms with E-state index in [1.165, 1.54) is 32.4 Å². The van der Waals surface area contributed by atoms with Crippen LogP contribution in [0.5, 0.6) is 0 Å². The molecule has 2 fully saturated rings. The highest BCUT2D eigenvalue weighted by atomic mass is 15.2. The van der Waals surface area contributed by atoms with E-state index >= 15 is 0 Å². The van der Waals surface area contributed by atoms with Crippen LogP contribution in [0, 0.1) is 0 Å². The molecular weight excluding hydrogens is 170 g/mol. The summed E-state index contributed by atoms with van der Waals surface area (Å²) < 4.78 is 0. The molecule has 2 heterocycles. The molecule has 0 N–H and O–H groups in total. The molecule has 0 amide bonds. The van der Waals surface area contributed by atoms with Crippen molar-refractivity contribution in [3.63, 3.8) is 0 Å². The van der Waals surface area contributed by atoms with E-state index in [0.29, 0.717) is 0 Å². The van der Waals surface area contributed by atoms with E-state index in [4.69, 9.17) is 0 Å². The van der Waals surface area contributed by atoms with Crippen molar-refractivity contribution in [3.8, 4) is 0 Å². The Morgan fingerprint density at radius 1 is 1.00 bits per heavy atom. The summed E-state index contributed by atoms with van der Waals surface area (Å²) in [5.41, 5.74) is 1.56. The molecule has 2 aliphatic rings. The zero-order chi connectivity index (χ0) is 9.38. The average Bonchev–Trinajstić information content (AvgIpc) is 2.79. The average molecular weight is 187 g/mol. The van der Waals surface area contributed by atoms with Crippen LogP contribution in [0.15, 0.2) is 30.3 Å². The minimum atomic E-state index is 0.818. The fourth-order valence-electron chi connectivity index (χ4n) is 3.17. The van der Waals surface area contributed by atoms with Gasteiger partial charge in [-0.2, -0.15) is 0 Å². The van der Waals surface area contributed by atoms with Crippen molar-refractivity contribution >= 4 is 0 Å². The van der Waals surface area contributed by atoms with Crippen LogP contribution in [0.3, 0.4) is 0 Å². The van der Waals surface area contributed by atoms with Crippen molar-refractivity contribution in [2.24, 2.45) is 0 Å². The molecule has 1 aromatic rings. The van der Waals surface area contributed by atoms with Gasteiger partial charge in [0.05, 0.1) is 0 Å². The van der Waals surface area contributed by atoms with Crippen LogP contribution in [-0.4, -0.2) is 24.0 Å². The first-order valence-electron chi connectivity index (χ1n) is 5.74. The van der Waals surface area contributed by atoms with Gasteiger partial charge in [0.15, 0.2) is 0 Å². The number of nitrogens with zero attached hydrogens (tertiary/aromatic N) is 1. The van der Waals surface area contributed by atoms with Crippen molar-refractivity contribution in [1.29, 1.82) is 0 Å². The summed E-state index contributed by atoms with van der Waals surface area (Å²) in [4.78, 5) is 2.68. The van der Waals surface area contributed by atoms with E-state index in [0.717, 1.165) is 12.0 Å². The third-order valence-corrected chi connectivity index (χ3v) is 3.83. The summed E-state index contributed by atoms with van der Waals surface area (Å²) in [7, 11) is 0. The fraction of sp³-hybridized carbons (Fsp3) is 0.538. The Morgan fingerprint density at radius 2 is 1.86 bits per heavy atom. The lowest BCUT2D eigenvalue weighted by Gasteiger charge is -2.20. The minimum absolute atomic E-state index is 0.818. The Labute approximate surface area is 85.7 Å². The molecule has 74 valence electrons. The predicted molar refractivity (Wildman–Crippen MR) is 58.4 cm³/mol. The van der Waals surface area contributed by atoms with E-state index < -0.39 is 0 Å². The van der Waals surface area contributed by atoms with Gasteiger partial charge in [-0.05, 0) is 37.9 Å². The molecular formula is C13H17N. The molecule has 2 saturated heterocycles. The lowest BCUT2D eigenvalue weighted by Crippen LogP contribution is -2.24. The van der Waals surface area contributed by atoms with Crippen molar-refractivity contribution in [3.05, 3.63) is 35.9 Å². The molecule has 0 bridgehead atoms. The van der Waals surface area contributed by atoms with Gasteiger partial charge in [0.1, 0.15) is 0 Å². The molecule has 3 rings (SSSR count). The lowest BCUT2D eigenvalue weighted by molar-refractivity contribution is 0.314. The third-order valence-electron chi connectivity index (χ3n) is 3.83. The van der Waals surface area contributed by atoms with Crippen molar-refractivity contribution in [1.82, 2.24) is 4.90 Å². The highest BCUT2D eigenvalue weighted by molar-refractivity contribution is 5.23. The van der Waals surface area contributed by atoms with Crippen molar-refractivity contribution < 1.29 is 0 Å². The molecule has 14 heavy (non-hydrogen) atoms. The first-order valence-corrected chi connectivity index (χ1v) is 5.74. The third kappa shape index (κ3) is 1.27. The van der Waals surface area contributed by atoms with E-state index in [1.54, 1.807) is 5.56 Å². The maximum Gasteiger partial charge on any atom is 0.0165 e. The Hall–Kier alpha value is -0.820. The molecule has 1 heteroatoms. The number of benzene rings is 1. The predicted octanol–water partition coefficient (Wildman–Crippen LogP) is 2.64. The van der Waals surface area contributed by atoms with Gasteiger partial charge in [-0.3, -0.25) is 4.90 Å². The van der Waals surface area contributed by atoms with E-state index in [-0.39, 0.29) is 0 Å². The van der Waals surface area contributed by atoms with Crippen LogP contribution in [0.25, 0.3) is 0 Å². The van der Waals surface area contributed by atoms with Crippen molar-refractivity contribution in [2.45, 2.75) is 31.2 Å². The second-order valence-electron chi connectivity index (χ2n) is 4.55.